The molecule has 1 aliphatic heterocycles. The molecule has 2 heteroatoms. The molecule has 1 aliphatic carbocycles. The predicted octanol–water partition coefficient (Wildman–Crippen LogP) is 4.28. The minimum atomic E-state index is -0.249. The van der Waals surface area contributed by atoms with Crippen molar-refractivity contribution in [2.75, 3.05) is 13.1 Å². The number of Topliss-reactive ketones (excluding diaryl/α,β-unsaturated/α-hetero) is 1. The number of carbonyl (C=O) groups excluding carboxylic acids is 1. The Morgan fingerprint density at radius 2 is 1.71 bits per heavy atom. The summed E-state index contributed by atoms with van der Waals surface area (Å²) in [5, 5.41) is 0. The van der Waals surface area contributed by atoms with Crippen molar-refractivity contribution in [2.24, 2.45) is 0 Å². The van der Waals surface area contributed by atoms with Gasteiger partial charge in [-0.15, -0.1) is 0 Å². The molecule has 1 saturated heterocycles. The number of carbonyl (C=O) groups is 1. The van der Waals surface area contributed by atoms with Gasteiger partial charge in [-0.3, -0.25) is 9.69 Å². The van der Waals surface area contributed by atoms with Crippen molar-refractivity contribution in [3.63, 3.8) is 0 Å². The van der Waals surface area contributed by atoms with Crippen LogP contribution in [0.1, 0.15) is 47.2 Å². The average Bonchev–Trinajstić information content (AvgIpc) is 2.65. The number of rotatable bonds is 3. The Hall–Kier alpha value is -1.93. The van der Waals surface area contributed by atoms with Gasteiger partial charge in [0.05, 0.1) is 5.54 Å². The number of fused-ring (bicyclic) bond motifs is 1. The van der Waals surface area contributed by atoms with Crippen LogP contribution < -0.4 is 0 Å². The fourth-order valence-corrected chi connectivity index (χ4v) is 4.53. The van der Waals surface area contributed by atoms with Crippen molar-refractivity contribution in [1.29, 1.82) is 0 Å². The molecule has 1 spiro atoms. The number of nitrogens with zero attached hydrogens (tertiary/aromatic N) is 1. The highest BCUT2D eigenvalue weighted by atomic mass is 16.1. The fraction of sp³-hybridized carbons (Fsp3) is 0.409. The lowest BCUT2D eigenvalue weighted by molar-refractivity contribution is 0.0298. The number of ketones is 1. The summed E-state index contributed by atoms with van der Waals surface area (Å²) in [6.45, 7) is 2.04. The van der Waals surface area contributed by atoms with Gasteiger partial charge in [0.25, 0.3) is 0 Å². The van der Waals surface area contributed by atoms with Gasteiger partial charge in [0.2, 0.25) is 0 Å². The van der Waals surface area contributed by atoms with Crippen LogP contribution in [0, 0.1) is 0 Å². The van der Waals surface area contributed by atoms with Gasteiger partial charge >= 0.3 is 0 Å². The van der Waals surface area contributed by atoms with Crippen molar-refractivity contribution in [2.45, 2.75) is 44.1 Å². The topological polar surface area (TPSA) is 20.3 Å². The van der Waals surface area contributed by atoms with Crippen molar-refractivity contribution in [3.05, 3.63) is 71.3 Å². The van der Waals surface area contributed by atoms with Crippen LogP contribution in [0.25, 0.3) is 0 Å². The van der Waals surface area contributed by atoms with Crippen molar-refractivity contribution >= 4 is 5.78 Å². The Labute approximate surface area is 144 Å². The standard InChI is InChI=1S/C22H25NO/c24-21-20-11-5-4-10-19(20)12-15-22(21)14-6-7-16-23(22)17-13-18-8-2-1-3-9-18/h1-5,8-11H,6-7,12-17H2. The summed E-state index contributed by atoms with van der Waals surface area (Å²) in [6, 6.07) is 18.9. The second-order valence-corrected chi connectivity index (χ2v) is 7.20. The van der Waals surface area contributed by atoms with Crippen molar-refractivity contribution < 1.29 is 4.79 Å². The zero-order chi connectivity index (χ0) is 16.4. The third kappa shape index (κ3) is 2.69. The average molecular weight is 319 g/mol. The molecule has 2 aromatic rings. The van der Waals surface area contributed by atoms with E-state index in [-0.39, 0.29) is 5.54 Å². The van der Waals surface area contributed by atoms with E-state index >= 15 is 0 Å². The molecule has 0 radical (unpaired) electrons. The molecule has 1 unspecified atom stereocenters. The SMILES string of the molecule is O=C1c2ccccc2CCC12CCCCN2CCc1ccccc1. The highest BCUT2D eigenvalue weighted by Crippen LogP contribution is 2.39. The molecule has 0 saturated carbocycles. The maximum absolute atomic E-state index is 13.4. The zero-order valence-electron chi connectivity index (χ0n) is 14.2. The van der Waals surface area contributed by atoms with Crippen LogP contribution in [0.2, 0.25) is 0 Å². The third-order valence-electron chi connectivity index (χ3n) is 5.88. The van der Waals surface area contributed by atoms with Gasteiger partial charge in [-0.25, -0.2) is 0 Å². The van der Waals surface area contributed by atoms with Crippen molar-refractivity contribution in [1.82, 2.24) is 4.90 Å². The summed E-state index contributed by atoms with van der Waals surface area (Å²) in [7, 11) is 0. The molecule has 1 atom stereocenters. The van der Waals surface area contributed by atoms with E-state index in [4.69, 9.17) is 0 Å². The van der Waals surface area contributed by atoms with E-state index < -0.39 is 0 Å². The highest BCUT2D eigenvalue weighted by molar-refractivity contribution is 6.05. The van der Waals surface area contributed by atoms with Crippen LogP contribution >= 0.6 is 0 Å². The van der Waals surface area contributed by atoms with Crippen LogP contribution in [0.5, 0.6) is 0 Å². The van der Waals surface area contributed by atoms with Crippen LogP contribution in [-0.2, 0) is 12.8 Å². The molecule has 1 heterocycles. The molecule has 124 valence electrons. The number of hydrogen-bond acceptors (Lipinski definition) is 2. The second-order valence-electron chi connectivity index (χ2n) is 7.20. The number of hydrogen-bond donors (Lipinski definition) is 0. The second kappa shape index (κ2) is 6.52. The first-order valence-corrected chi connectivity index (χ1v) is 9.21. The van der Waals surface area contributed by atoms with Crippen molar-refractivity contribution in [3.8, 4) is 0 Å². The summed E-state index contributed by atoms with van der Waals surface area (Å²) in [6.07, 6.45) is 6.45. The molecule has 1 fully saturated rings. The minimum Gasteiger partial charge on any atom is -0.292 e. The fourth-order valence-electron chi connectivity index (χ4n) is 4.53. The van der Waals surface area contributed by atoms with E-state index in [2.05, 4.69) is 47.4 Å². The molecule has 2 aliphatic rings. The monoisotopic (exact) mass is 319 g/mol. The van der Waals surface area contributed by atoms with Crippen LogP contribution in [-0.4, -0.2) is 29.3 Å². The lowest BCUT2D eigenvalue weighted by Gasteiger charge is -2.48. The summed E-state index contributed by atoms with van der Waals surface area (Å²) in [5.41, 5.74) is 3.32. The normalized spacial score (nSPS) is 24.1. The molecule has 0 amide bonds. The van der Waals surface area contributed by atoms with E-state index in [0.717, 1.165) is 44.3 Å². The largest absolute Gasteiger partial charge is 0.292 e. The molecule has 2 aromatic carbocycles. The summed E-state index contributed by atoms with van der Waals surface area (Å²) < 4.78 is 0. The highest BCUT2D eigenvalue weighted by Gasteiger charge is 2.47. The summed E-state index contributed by atoms with van der Waals surface area (Å²) in [5.74, 6) is 0.372. The first-order valence-electron chi connectivity index (χ1n) is 9.21. The summed E-state index contributed by atoms with van der Waals surface area (Å²) >= 11 is 0. The first-order chi connectivity index (χ1) is 11.8. The van der Waals surface area contributed by atoms with Gasteiger partial charge < -0.3 is 0 Å². The van der Waals surface area contributed by atoms with E-state index in [0.29, 0.717) is 5.78 Å². The Bertz CT molecular complexity index is 724. The lowest BCUT2D eigenvalue weighted by Crippen LogP contribution is -2.59. The summed E-state index contributed by atoms with van der Waals surface area (Å²) in [4.78, 5) is 15.9. The third-order valence-corrected chi connectivity index (χ3v) is 5.88. The van der Waals surface area contributed by atoms with E-state index in [1.54, 1.807) is 0 Å². The lowest BCUT2D eigenvalue weighted by atomic mass is 9.71. The molecule has 24 heavy (non-hydrogen) atoms. The molecule has 2 nitrogen and oxygen atoms in total. The molecular formula is C22H25NO. The molecule has 0 N–H and O–H groups in total. The Kier molecular flexibility index (Phi) is 4.24. The molecule has 4 rings (SSSR count). The number of benzene rings is 2. The van der Waals surface area contributed by atoms with Crippen LogP contribution in [0.3, 0.4) is 0 Å². The molecule has 0 aromatic heterocycles. The Morgan fingerprint density at radius 3 is 2.58 bits per heavy atom. The quantitative estimate of drug-likeness (QED) is 0.841. The van der Waals surface area contributed by atoms with E-state index in [1.165, 1.54) is 24.0 Å². The minimum absolute atomic E-state index is 0.249. The number of likely N-dealkylation sites (tertiary alicyclic amines) is 1. The Balaban J connectivity index is 1.59. The number of piperidine rings is 1. The number of aryl methyl sites for hydroxylation is 1. The van der Waals surface area contributed by atoms with Gasteiger partial charge in [-0.2, -0.15) is 0 Å². The van der Waals surface area contributed by atoms with E-state index in [1.807, 2.05) is 12.1 Å². The zero-order valence-corrected chi connectivity index (χ0v) is 14.2. The van der Waals surface area contributed by atoms with Gasteiger partial charge in [0.15, 0.2) is 5.78 Å². The smallest absolute Gasteiger partial charge is 0.183 e. The van der Waals surface area contributed by atoms with E-state index in [9.17, 15) is 4.79 Å². The van der Waals surface area contributed by atoms with Crippen LogP contribution in [0.4, 0.5) is 0 Å². The maximum atomic E-state index is 13.4. The predicted molar refractivity (Wildman–Crippen MR) is 97.4 cm³/mol. The molecular weight excluding hydrogens is 294 g/mol. The Morgan fingerprint density at radius 1 is 0.917 bits per heavy atom. The van der Waals surface area contributed by atoms with Crippen LogP contribution in [0.15, 0.2) is 54.6 Å². The van der Waals surface area contributed by atoms with Gasteiger partial charge in [-0.1, -0.05) is 54.6 Å². The maximum Gasteiger partial charge on any atom is 0.183 e. The first kappa shape index (κ1) is 15.6. The molecule has 0 bridgehead atoms. The van der Waals surface area contributed by atoms with Gasteiger partial charge in [0, 0.05) is 12.1 Å². The van der Waals surface area contributed by atoms with Gasteiger partial charge in [0.1, 0.15) is 0 Å². The van der Waals surface area contributed by atoms with Gasteiger partial charge in [-0.05, 0) is 56.2 Å².